The normalized spacial score (nSPS) is 23.6. The van der Waals surface area contributed by atoms with E-state index in [0.717, 1.165) is 11.3 Å². The molecule has 0 aliphatic carbocycles. The highest BCUT2D eigenvalue weighted by Crippen LogP contribution is 2.23. The third-order valence-electron chi connectivity index (χ3n) is 2.75. The van der Waals surface area contributed by atoms with Gasteiger partial charge < -0.3 is 14.6 Å². The molecule has 1 fully saturated rings. The van der Waals surface area contributed by atoms with Crippen molar-refractivity contribution in [2.45, 2.75) is 17.0 Å². The number of aromatic carboxylic acids is 1. The van der Waals surface area contributed by atoms with E-state index in [0.29, 0.717) is 6.61 Å². The molecule has 0 saturated carbocycles. The highest BCUT2D eigenvalue weighted by atomic mass is 32.2. The Morgan fingerprint density at radius 3 is 2.95 bits per heavy atom. The molecule has 2 N–H and O–H groups in total. The number of sulfonamides is 1. The number of carbonyl (C=O) groups is 1. The van der Waals surface area contributed by atoms with Crippen LogP contribution in [0.2, 0.25) is 0 Å². The molecule has 0 radical (unpaired) electrons. The maximum atomic E-state index is 12.2. The molecule has 2 atom stereocenters. The van der Waals surface area contributed by atoms with Gasteiger partial charge in [-0.1, -0.05) is 0 Å². The zero-order valence-corrected chi connectivity index (χ0v) is 11.7. The number of methoxy groups -OCH3 is 1. The van der Waals surface area contributed by atoms with E-state index in [2.05, 4.69) is 4.72 Å². The summed E-state index contributed by atoms with van der Waals surface area (Å²) in [6.07, 6.45) is -0.373. The van der Waals surface area contributed by atoms with E-state index in [9.17, 15) is 13.2 Å². The van der Waals surface area contributed by atoms with Crippen molar-refractivity contribution in [3.63, 3.8) is 0 Å². The van der Waals surface area contributed by atoms with Crippen LogP contribution in [0.3, 0.4) is 0 Å². The summed E-state index contributed by atoms with van der Waals surface area (Å²) in [6.45, 7) is 0.503. The van der Waals surface area contributed by atoms with Gasteiger partial charge in [0.15, 0.2) is 0 Å². The van der Waals surface area contributed by atoms with Gasteiger partial charge in [0.1, 0.15) is 9.77 Å². The van der Waals surface area contributed by atoms with Crippen molar-refractivity contribution in [3.05, 3.63) is 16.3 Å². The zero-order valence-electron chi connectivity index (χ0n) is 10.0. The molecule has 0 unspecified atom stereocenters. The third-order valence-corrected chi connectivity index (χ3v) is 5.31. The van der Waals surface area contributed by atoms with E-state index >= 15 is 0 Å². The molecule has 1 saturated heterocycles. The van der Waals surface area contributed by atoms with Crippen molar-refractivity contribution in [2.75, 3.05) is 20.3 Å². The Morgan fingerprint density at radius 2 is 2.32 bits per heavy atom. The Bertz CT molecular complexity index is 566. The molecule has 2 rings (SSSR count). The van der Waals surface area contributed by atoms with Gasteiger partial charge in [-0.05, 0) is 11.4 Å². The predicted octanol–water partition coefficient (Wildman–Crippen LogP) is 0.138. The Kier molecular flexibility index (Phi) is 4.21. The van der Waals surface area contributed by atoms with Gasteiger partial charge in [-0.3, -0.25) is 0 Å². The lowest BCUT2D eigenvalue weighted by Gasteiger charge is -2.17. The number of hydrogen-bond acceptors (Lipinski definition) is 6. The molecule has 1 aliphatic heterocycles. The molecule has 1 aromatic rings. The smallest absolute Gasteiger partial charge is 0.347 e. The molecule has 0 amide bonds. The molecule has 1 aliphatic rings. The van der Waals surface area contributed by atoms with Gasteiger partial charge in [-0.25, -0.2) is 17.9 Å². The van der Waals surface area contributed by atoms with Gasteiger partial charge in [0.25, 0.3) is 0 Å². The second-order valence-electron chi connectivity index (χ2n) is 3.96. The number of carboxylic acids is 1. The van der Waals surface area contributed by atoms with Crippen LogP contribution in [0, 0.1) is 0 Å². The fourth-order valence-electron chi connectivity index (χ4n) is 1.80. The second kappa shape index (κ2) is 5.55. The average molecular weight is 307 g/mol. The van der Waals surface area contributed by atoms with Gasteiger partial charge >= 0.3 is 5.97 Å². The predicted molar refractivity (Wildman–Crippen MR) is 67.0 cm³/mol. The molecule has 19 heavy (non-hydrogen) atoms. The molecular formula is C10H13NO6S2. The van der Waals surface area contributed by atoms with Crippen molar-refractivity contribution in [1.82, 2.24) is 4.72 Å². The fourth-order valence-corrected chi connectivity index (χ4v) is 4.31. The van der Waals surface area contributed by atoms with Gasteiger partial charge in [0.05, 0.1) is 25.4 Å². The van der Waals surface area contributed by atoms with Crippen LogP contribution in [0.5, 0.6) is 0 Å². The highest BCUT2D eigenvalue weighted by Gasteiger charge is 2.34. The van der Waals surface area contributed by atoms with Crippen molar-refractivity contribution >= 4 is 27.3 Å². The first-order chi connectivity index (χ1) is 8.95. The van der Waals surface area contributed by atoms with E-state index in [1.165, 1.54) is 18.6 Å². The summed E-state index contributed by atoms with van der Waals surface area (Å²) in [5.74, 6) is -1.26. The maximum Gasteiger partial charge on any atom is 0.347 e. The SMILES string of the molecule is CO[C@H]1COC[C@@H]1NS(=O)(=O)c1ccsc1C(=O)O. The van der Waals surface area contributed by atoms with Crippen molar-refractivity contribution in [3.8, 4) is 0 Å². The maximum absolute atomic E-state index is 12.2. The Balaban J connectivity index is 2.23. The fraction of sp³-hybridized carbons (Fsp3) is 0.500. The van der Waals surface area contributed by atoms with Gasteiger partial charge in [0.2, 0.25) is 10.0 Å². The third kappa shape index (κ3) is 2.95. The minimum atomic E-state index is -3.90. The second-order valence-corrected chi connectivity index (χ2v) is 6.56. The average Bonchev–Trinajstić information content (AvgIpc) is 2.95. The minimum Gasteiger partial charge on any atom is -0.477 e. The number of thiophene rings is 1. The summed E-state index contributed by atoms with van der Waals surface area (Å²) < 4.78 is 37.0. The standard InChI is InChI=1S/C10H13NO6S2/c1-16-7-5-17-4-6(7)11-19(14,15)8-2-3-18-9(8)10(12)13/h2-3,6-7,11H,4-5H2,1H3,(H,12,13)/t6-,7-/m0/s1. The largest absolute Gasteiger partial charge is 0.477 e. The van der Waals surface area contributed by atoms with Gasteiger partial charge in [-0.2, -0.15) is 0 Å². The molecule has 2 heterocycles. The zero-order chi connectivity index (χ0) is 14.0. The highest BCUT2D eigenvalue weighted by molar-refractivity contribution is 7.89. The summed E-state index contributed by atoms with van der Waals surface area (Å²) in [4.78, 5) is 10.5. The topological polar surface area (TPSA) is 102 Å². The Labute approximate surface area is 114 Å². The van der Waals surface area contributed by atoms with Crippen LogP contribution in [0.4, 0.5) is 0 Å². The van der Waals surface area contributed by atoms with Crippen LogP contribution in [0.1, 0.15) is 9.67 Å². The molecule has 0 spiro atoms. The van der Waals surface area contributed by atoms with Crippen molar-refractivity contribution in [2.24, 2.45) is 0 Å². The summed E-state index contributed by atoms with van der Waals surface area (Å²) >= 11 is 0.868. The summed E-state index contributed by atoms with van der Waals surface area (Å²) in [5, 5.41) is 10.4. The lowest BCUT2D eigenvalue weighted by molar-refractivity contribution is 0.0698. The molecule has 0 aromatic carbocycles. The van der Waals surface area contributed by atoms with Crippen molar-refractivity contribution in [1.29, 1.82) is 0 Å². The summed E-state index contributed by atoms with van der Waals surface area (Å²) in [6, 6.07) is 0.755. The Morgan fingerprint density at radius 1 is 1.58 bits per heavy atom. The van der Waals surface area contributed by atoms with Crippen molar-refractivity contribution < 1.29 is 27.8 Å². The molecule has 7 nitrogen and oxygen atoms in total. The summed E-state index contributed by atoms with van der Waals surface area (Å²) in [7, 11) is -2.43. The molecule has 106 valence electrons. The van der Waals surface area contributed by atoms with E-state index in [1.54, 1.807) is 0 Å². The molecule has 0 bridgehead atoms. The van der Waals surface area contributed by atoms with E-state index in [-0.39, 0.29) is 22.5 Å². The molecular weight excluding hydrogens is 294 g/mol. The number of ether oxygens (including phenoxy) is 2. The van der Waals surface area contributed by atoms with Crippen LogP contribution >= 0.6 is 11.3 Å². The monoisotopic (exact) mass is 307 g/mol. The lowest BCUT2D eigenvalue weighted by atomic mass is 10.2. The number of nitrogens with one attached hydrogen (secondary N) is 1. The first kappa shape index (κ1) is 14.4. The molecule has 1 aromatic heterocycles. The minimum absolute atomic E-state index is 0.199. The molecule has 9 heteroatoms. The number of carboxylic acid groups (broad SMARTS) is 1. The lowest BCUT2D eigenvalue weighted by Crippen LogP contribution is -2.43. The van der Waals surface area contributed by atoms with Gasteiger partial charge in [0, 0.05) is 7.11 Å². The van der Waals surface area contributed by atoms with E-state index in [1.807, 2.05) is 0 Å². The first-order valence-electron chi connectivity index (χ1n) is 5.39. The van der Waals surface area contributed by atoms with Crippen LogP contribution in [-0.4, -0.2) is 52.0 Å². The van der Waals surface area contributed by atoms with Crippen LogP contribution in [0.15, 0.2) is 16.3 Å². The summed E-state index contributed by atoms with van der Waals surface area (Å²) in [5.41, 5.74) is 0. The van der Waals surface area contributed by atoms with Gasteiger partial charge in [-0.15, -0.1) is 11.3 Å². The number of rotatable bonds is 5. The first-order valence-corrected chi connectivity index (χ1v) is 7.75. The Hall–Kier alpha value is -1.00. The number of hydrogen-bond donors (Lipinski definition) is 2. The quantitative estimate of drug-likeness (QED) is 0.802. The van der Waals surface area contributed by atoms with Crippen LogP contribution in [0.25, 0.3) is 0 Å². The van der Waals surface area contributed by atoms with E-state index < -0.39 is 22.0 Å². The van der Waals surface area contributed by atoms with Crippen LogP contribution < -0.4 is 4.72 Å². The van der Waals surface area contributed by atoms with Crippen LogP contribution in [-0.2, 0) is 19.5 Å². The van der Waals surface area contributed by atoms with E-state index in [4.69, 9.17) is 14.6 Å².